The fourth-order valence-electron chi connectivity index (χ4n) is 0.543. The molecule has 0 bridgehead atoms. The van der Waals surface area contributed by atoms with E-state index in [9.17, 15) is 0 Å². The molecular formula is C6H16O2Si2Zr+2. The summed E-state index contributed by atoms with van der Waals surface area (Å²) < 4.78 is 11.1. The van der Waals surface area contributed by atoms with Crippen molar-refractivity contribution in [2.24, 2.45) is 0 Å². The molecular weight excluding hydrogens is 251 g/mol. The molecule has 0 heterocycles. The van der Waals surface area contributed by atoms with Crippen molar-refractivity contribution in [3.05, 3.63) is 0 Å². The Morgan fingerprint density at radius 1 is 1.27 bits per heavy atom. The summed E-state index contributed by atoms with van der Waals surface area (Å²) in [7, 11) is -1.29. The molecule has 5 heteroatoms. The van der Waals surface area contributed by atoms with E-state index < -0.39 is 14.0 Å². The van der Waals surface area contributed by atoms with Gasteiger partial charge in [-0.3, -0.25) is 0 Å². The monoisotopic (exact) mass is 266 g/mol. The summed E-state index contributed by atoms with van der Waals surface area (Å²) in [5.41, 5.74) is -0.427. The van der Waals surface area contributed by atoms with Gasteiger partial charge in [0, 0.05) is 0 Å². The van der Waals surface area contributed by atoms with Crippen LogP contribution in [0.3, 0.4) is 0 Å². The molecule has 0 aliphatic heterocycles. The predicted octanol–water partition coefficient (Wildman–Crippen LogP) is 1.52. The summed E-state index contributed by atoms with van der Waals surface area (Å²) in [6, 6.07) is 0. The van der Waals surface area contributed by atoms with E-state index in [4.69, 9.17) is 8.85 Å². The first kappa shape index (κ1) is 12.2. The van der Waals surface area contributed by atoms with Crippen LogP contribution in [0.2, 0.25) is 26.2 Å². The van der Waals surface area contributed by atoms with E-state index in [2.05, 4.69) is 26.2 Å². The summed E-state index contributed by atoms with van der Waals surface area (Å²) in [5, 5.41) is 0. The topological polar surface area (TPSA) is 18.5 Å². The second kappa shape index (κ2) is 5.81. The molecule has 0 saturated heterocycles. The number of hydrogen-bond acceptors (Lipinski definition) is 2. The standard InChI is InChI=1S/C6H16O2Si2.Zr/c1-9-7-5-6-8-10(2,3)4;/h5-6H2,1-4H3;/q;+2. The third-order valence-corrected chi connectivity index (χ3v) is 3.71. The molecule has 0 atom stereocenters. The van der Waals surface area contributed by atoms with Gasteiger partial charge in [-0.25, -0.2) is 0 Å². The van der Waals surface area contributed by atoms with Gasteiger partial charge in [0.1, 0.15) is 0 Å². The molecule has 0 N–H and O–H groups in total. The van der Waals surface area contributed by atoms with Gasteiger partial charge in [0.15, 0.2) is 0 Å². The van der Waals surface area contributed by atoms with Crippen LogP contribution in [-0.2, 0) is 32.2 Å². The van der Waals surface area contributed by atoms with E-state index in [-0.39, 0.29) is 0 Å². The average molecular weight is 268 g/mol. The predicted molar refractivity (Wildman–Crippen MR) is 46.9 cm³/mol. The van der Waals surface area contributed by atoms with Crippen LogP contribution in [0.4, 0.5) is 0 Å². The van der Waals surface area contributed by atoms with Crippen LogP contribution < -0.4 is 0 Å². The van der Waals surface area contributed by atoms with Gasteiger partial charge in [-0.1, -0.05) is 0 Å². The molecule has 0 amide bonds. The van der Waals surface area contributed by atoms with Crippen molar-refractivity contribution in [2.75, 3.05) is 13.2 Å². The first-order valence-corrected chi connectivity index (χ1v) is 12.7. The van der Waals surface area contributed by atoms with Crippen molar-refractivity contribution in [3.8, 4) is 0 Å². The molecule has 62 valence electrons. The molecule has 0 radical (unpaired) electrons. The molecule has 0 rings (SSSR count). The summed E-state index contributed by atoms with van der Waals surface area (Å²) >= 11 is 1.54. The third kappa shape index (κ3) is 11.2. The summed E-state index contributed by atoms with van der Waals surface area (Å²) in [6.07, 6.45) is 0. The molecule has 0 saturated carbocycles. The van der Waals surface area contributed by atoms with Crippen LogP contribution in [-0.4, -0.2) is 27.2 Å². The molecule has 0 unspecified atom stereocenters. The Kier molecular flexibility index (Phi) is 6.46. The maximum absolute atomic E-state index is 5.62. The normalized spacial score (nSPS) is 11.8. The second-order valence-corrected chi connectivity index (χ2v) is 14.5. The van der Waals surface area contributed by atoms with Gasteiger partial charge >= 0.3 is 85.6 Å². The molecule has 0 spiro atoms. The molecule has 11 heavy (non-hydrogen) atoms. The number of rotatable bonds is 5. The van der Waals surface area contributed by atoms with Crippen LogP contribution in [0.1, 0.15) is 0 Å². The van der Waals surface area contributed by atoms with Crippen molar-refractivity contribution in [3.63, 3.8) is 0 Å². The molecule has 0 aliphatic carbocycles. The van der Waals surface area contributed by atoms with Gasteiger partial charge in [-0.2, -0.15) is 0 Å². The van der Waals surface area contributed by atoms with E-state index in [1.807, 2.05) is 0 Å². The zero-order chi connectivity index (χ0) is 8.91. The van der Waals surface area contributed by atoms with Gasteiger partial charge < -0.3 is 0 Å². The van der Waals surface area contributed by atoms with Gasteiger partial charge in [0.05, 0.1) is 0 Å². The van der Waals surface area contributed by atoms with Gasteiger partial charge in [0.25, 0.3) is 0 Å². The molecule has 0 aromatic heterocycles. The van der Waals surface area contributed by atoms with Crippen molar-refractivity contribution in [2.45, 2.75) is 26.2 Å². The first-order valence-electron chi connectivity index (χ1n) is 3.74. The fraction of sp³-hybridized carbons (Fsp3) is 1.00. The molecule has 0 aromatic carbocycles. The Labute approximate surface area is 85.3 Å². The van der Waals surface area contributed by atoms with Crippen LogP contribution in [0.5, 0.6) is 0 Å². The quantitative estimate of drug-likeness (QED) is 0.555. The van der Waals surface area contributed by atoms with Crippen molar-refractivity contribution >= 4 is 14.0 Å². The zero-order valence-electron chi connectivity index (χ0n) is 7.73. The minimum atomic E-state index is -1.29. The minimum absolute atomic E-state index is 0.427. The molecule has 0 aliphatic rings. The van der Waals surface area contributed by atoms with E-state index in [0.717, 1.165) is 13.2 Å². The van der Waals surface area contributed by atoms with Crippen molar-refractivity contribution < 1.29 is 32.2 Å². The summed E-state index contributed by atoms with van der Waals surface area (Å²) in [5.74, 6) is 0. The third-order valence-electron chi connectivity index (χ3n) is 0.937. The van der Waals surface area contributed by atoms with Crippen molar-refractivity contribution in [1.82, 2.24) is 0 Å². The Morgan fingerprint density at radius 3 is 2.18 bits per heavy atom. The first-order chi connectivity index (χ1) is 4.92. The van der Waals surface area contributed by atoms with Gasteiger partial charge in [0.2, 0.25) is 0 Å². The Bertz CT molecular complexity index is 133. The van der Waals surface area contributed by atoms with Crippen LogP contribution in [0.15, 0.2) is 0 Å². The fourth-order valence-corrected chi connectivity index (χ4v) is 2.38. The maximum atomic E-state index is 5.62. The number of hydrogen-bond donors (Lipinski definition) is 0. The molecule has 2 nitrogen and oxygen atoms in total. The Hall–Kier alpha value is 1.24. The molecule has 0 aromatic rings. The molecule has 0 fully saturated rings. The van der Waals surface area contributed by atoms with Gasteiger partial charge in [-0.15, -0.1) is 0 Å². The van der Waals surface area contributed by atoms with Gasteiger partial charge in [-0.05, 0) is 0 Å². The van der Waals surface area contributed by atoms with E-state index in [1.165, 1.54) is 23.3 Å². The zero-order valence-corrected chi connectivity index (χ0v) is 12.2. The van der Waals surface area contributed by atoms with Crippen LogP contribution in [0.25, 0.3) is 0 Å². The van der Waals surface area contributed by atoms with E-state index in [1.54, 1.807) is 0 Å². The summed E-state index contributed by atoms with van der Waals surface area (Å²) in [4.78, 5) is 0. The van der Waals surface area contributed by atoms with Crippen molar-refractivity contribution in [1.29, 1.82) is 0 Å². The Morgan fingerprint density at radius 2 is 1.82 bits per heavy atom. The summed E-state index contributed by atoms with van der Waals surface area (Å²) in [6.45, 7) is 10.3. The second-order valence-electron chi connectivity index (χ2n) is 3.37. The average Bonchev–Trinajstić information content (AvgIpc) is 1.78. The van der Waals surface area contributed by atoms with E-state index >= 15 is 0 Å². The van der Waals surface area contributed by atoms with E-state index in [0.29, 0.717) is 0 Å². The van der Waals surface area contributed by atoms with Crippen LogP contribution >= 0.6 is 0 Å². The SMILES string of the molecule is C[Si](=[Zr+2])OCCO[Si](C)(C)C. The Balaban J connectivity index is 3.22. The van der Waals surface area contributed by atoms with Crippen LogP contribution in [0, 0.1) is 0 Å².